The predicted molar refractivity (Wildman–Crippen MR) is 113 cm³/mol. The molecule has 0 spiro atoms. The van der Waals surface area contributed by atoms with E-state index in [1.165, 1.54) is 11.3 Å². The fraction of sp³-hybridized carbons (Fsp3) is 0.0435. The maximum atomic E-state index is 13.8. The van der Waals surface area contributed by atoms with E-state index in [4.69, 9.17) is 4.74 Å². The average molecular weight is 422 g/mol. The lowest BCUT2D eigenvalue weighted by molar-refractivity contribution is 0.102. The third-order valence-corrected chi connectivity index (χ3v) is 5.14. The molecular weight excluding hydrogens is 406 g/mol. The van der Waals surface area contributed by atoms with Crippen LogP contribution in [-0.4, -0.2) is 10.9 Å². The summed E-state index contributed by atoms with van der Waals surface area (Å²) in [4.78, 5) is 16.8. The molecule has 4 nitrogen and oxygen atoms in total. The number of nitrogens with zero attached hydrogens (tertiary/aromatic N) is 1. The van der Waals surface area contributed by atoms with Crippen LogP contribution in [0, 0.1) is 11.6 Å². The Balaban J connectivity index is 1.46. The van der Waals surface area contributed by atoms with Crippen LogP contribution >= 0.6 is 11.3 Å². The Bertz CT molecular complexity index is 1180. The highest BCUT2D eigenvalue weighted by molar-refractivity contribution is 7.13. The van der Waals surface area contributed by atoms with E-state index in [0.717, 1.165) is 23.8 Å². The molecule has 0 aliphatic heterocycles. The summed E-state index contributed by atoms with van der Waals surface area (Å²) in [6.45, 7) is -0.102. The van der Waals surface area contributed by atoms with Gasteiger partial charge in [0.15, 0.2) is 0 Å². The van der Waals surface area contributed by atoms with Crippen molar-refractivity contribution in [1.29, 1.82) is 0 Å². The summed E-state index contributed by atoms with van der Waals surface area (Å²) in [6.07, 6.45) is 0. The van der Waals surface area contributed by atoms with Crippen LogP contribution in [0.5, 0.6) is 5.75 Å². The molecule has 0 unspecified atom stereocenters. The Morgan fingerprint density at radius 3 is 2.67 bits per heavy atom. The molecule has 1 N–H and O–H groups in total. The van der Waals surface area contributed by atoms with Gasteiger partial charge in [-0.15, -0.1) is 11.3 Å². The van der Waals surface area contributed by atoms with Gasteiger partial charge in [-0.25, -0.2) is 13.8 Å². The molecule has 0 saturated carbocycles. The van der Waals surface area contributed by atoms with Gasteiger partial charge in [-0.05, 0) is 42.5 Å². The van der Waals surface area contributed by atoms with Gasteiger partial charge in [-0.3, -0.25) is 4.79 Å². The number of thiazole rings is 1. The Hall–Kier alpha value is -3.58. The summed E-state index contributed by atoms with van der Waals surface area (Å²) in [5.41, 5.74) is 1.90. The number of amides is 1. The quantitative estimate of drug-likeness (QED) is 0.420. The Labute approximate surface area is 175 Å². The molecule has 1 amide bonds. The molecule has 0 atom stereocenters. The second-order valence-corrected chi connectivity index (χ2v) is 7.27. The second-order valence-electron chi connectivity index (χ2n) is 6.41. The molecule has 0 saturated heterocycles. The van der Waals surface area contributed by atoms with Crippen molar-refractivity contribution in [2.24, 2.45) is 0 Å². The molecule has 7 heteroatoms. The minimum absolute atomic E-state index is 0.102. The number of nitrogens with one attached hydrogen (secondary N) is 1. The molecule has 1 heterocycles. The number of ether oxygens (including phenoxy) is 1. The highest BCUT2D eigenvalue weighted by atomic mass is 32.1. The molecule has 3 aromatic carbocycles. The highest BCUT2D eigenvalue weighted by Gasteiger charge is 2.13. The summed E-state index contributed by atoms with van der Waals surface area (Å²) in [7, 11) is 0. The zero-order valence-electron chi connectivity index (χ0n) is 15.6. The normalized spacial score (nSPS) is 10.6. The van der Waals surface area contributed by atoms with Crippen molar-refractivity contribution in [2.75, 3.05) is 5.32 Å². The number of para-hydroxylation sites is 1. The second kappa shape index (κ2) is 8.84. The van der Waals surface area contributed by atoms with E-state index in [2.05, 4.69) is 10.3 Å². The number of aromatic nitrogens is 1. The van der Waals surface area contributed by atoms with Crippen LogP contribution in [0.2, 0.25) is 0 Å². The first-order valence-corrected chi connectivity index (χ1v) is 9.95. The zero-order valence-corrected chi connectivity index (χ0v) is 16.5. The summed E-state index contributed by atoms with van der Waals surface area (Å²) in [5, 5.41) is 5.13. The van der Waals surface area contributed by atoms with E-state index in [-0.39, 0.29) is 18.1 Å². The van der Waals surface area contributed by atoms with Crippen LogP contribution < -0.4 is 10.1 Å². The molecule has 0 aliphatic rings. The molecule has 1 aromatic heterocycles. The first-order valence-electron chi connectivity index (χ1n) is 9.07. The summed E-state index contributed by atoms with van der Waals surface area (Å²) in [5.74, 6) is -0.853. The van der Waals surface area contributed by atoms with E-state index in [0.29, 0.717) is 22.1 Å². The molecular formula is C23H16F2N2O2S. The first kappa shape index (κ1) is 19.7. The minimum atomic E-state index is -0.526. The van der Waals surface area contributed by atoms with Gasteiger partial charge < -0.3 is 10.1 Å². The number of anilines is 1. The molecule has 0 radical (unpaired) electrons. The summed E-state index contributed by atoms with van der Waals surface area (Å²) in [6, 6.07) is 19.5. The smallest absolute Gasteiger partial charge is 0.275 e. The molecule has 4 rings (SSSR count). The van der Waals surface area contributed by atoms with Gasteiger partial charge in [0.2, 0.25) is 0 Å². The van der Waals surface area contributed by atoms with Gasteiger partial charge >= 0.3 is 0 Å². The van der Waals surface area contributed by atoms with Crippen molar-refractivity contribution in [3.63, 3.8) is 0 Å². The van der Waals surface area contributed by atoms with Crippen molar-refractivity contribution in [3.8, 4) is 16.3 Å². The highest BCUT2D eigenvalue weighted by Crippen LogP contribution is 2.28. The lowest BCUT2D eigenvalue weighted by Crippen LogP contribution is -2.12. The van der Waals surface area contributed by atoms with Gasteiger partial charge in [-0.2, -0.15) is 0 Å². The van der Waals surface area contributed by atoms with Gasteiger partial charge in [0.25, 0.3) is 5.91 Å². The zero-order chi connectivity index (χ0) is 20.9. The Kier molecular flexibility index (Phi) is 5.81. The first-order chi connectivity index (χ1) is 14.6. The molecule has 0 aliphatic carbocycles. The van der Waals surface area contributed by atoms with Crippen molar-refractivity contribution < 1.29 is 18.3 Å². The number of hydrogen-bond donors (Lipinski definition) is 1. The van der Waals surface area contributed by atoms with E-state index in [9.17, 15) is 13.6 Å². The van der Waals surface area contributed by atoms with E-state index in [1.54, 1.807) is 35.7 Å². The number of hydrogen-bond acceptors (Lipinski definition) is 4. The molecule has 150 valence electrons. The number of carbonyl (C=O) groups excluding carboxylic acids is 1. The standard InChI is InChI=1S/C23H16F2N2O2S/c24-17-9-10-20(25)16(11-17)13-29-19-8-4-5-15(12-19)23-27-21(14-30-23)22(28)26-18-6-2-1-3-7-18/h1-12,14H,13H2,(H,26,28). The largest absolute Gasteiger partial charge is 0.489 e. The van der Waals surface area contributed by atoms with Gasteiger partial charge in [0.1, 0.15) is 34.7 Å². The number of benzene rings is 3. The fourth-order valence-electron chi connectivity index (χ4n) is 2.76. The monoisotopic (exact) mass is 422 g/mol. The molecule has 4 aromatic rings. The van der Waals surface area contributed by atoms with Gasteiger partial charge in [0.05, 0.1) is 0 Å². The average Bonchev–Trinajstić information content (AvgIpc) is 3.26. The lowest BCUT2D eigenvalue weighted by atomic mass is 10.2. The third-order valence-electron chi connectivity index (χ3n) is 4.25. The SMILES string of the molecule is O=C(Nc1ccccc1)c1csc(-c2cccc(OCc3cc(F)ccc3F)c2)n1. The summed E-state index contributed by atoms with van der Waals surface area (Å²) >= 11 is 1.33. The van der Waals surface area contributed by atoms with Crippen LogP contribution in [0.1, 0.15) is 16.1 Å². The molecule has 0 fully saturated rings. The van der Waals surface area contributed by atoms with Crippen LogP contribution in [0.25, 0.3) is 10.6 Å². The van der Waals surface area contributed by atoms with Crippen LogP contribution in [0.4, 0.5) is 14.5 Å². The number of carbonyl (C=O) groups is 1. The van der Waals surface area contributed by atoms with Gasteiger partial charge in [0, 0.05) is 22.2 Å². The molecule has 0 bridgehead atoms. The maximum Gasteiger partial charge on any atom is 0.275 e. The Morgan fingerprint density at radius 2 is 1.83 bits per heavy atom. The fourth-order valence-corrected chi connectivity index (χ4v) is 3.56. The van der Waals surface area contributed by atoms with Crippen LogP contribution in [0.15, 0.2) is 78.2 Å². The number of rotatable bonds is 6. The van der Waals surface area contributed by atoms with Crippen molar-refractivity contribution >= 4 is 22.9 Å². The topological polar surface area (TPSA) is 51.2 Å². The van der Waals surface area contributed by atoms with Crippen LogP contribution in [0.3, 0.4) is 0 Å². The van der Waals surface area contributed by atoms with E-state index >= 15 is 0 Å². The summed E-state index contributed by atoms with van der Waals surface area (Å²) < 4.78 is 32.7. The minimum Gasteiger partial charge on any atom is -0.489 e. The predicted octanol–water partition coefficient (Wildman–Crippen LogP) is 5.92. The third kappa shape index (κ3) is 4.69. The number of halogens is 2. The van der Waals surface area contributed by atoms with Crippen molar-refractivity contribution in [1.82, 2.24) is 4.98 Å². The van der Waals surface area contributed by atoms with Crippen molar-refractivity contribution in [3.05, 3.63) is 101 Å². The van der Waals surface area contributed by atoms with Crippen LogP contribution in [-0.2, 0) is 6.61 Å². The Morgan fingerprint density at radius 1 is 1.00 bits per heavy atom. The van der Waals surface area contributed by atoms with E-state index in [1.807, 2.05) is 24.3 Å². The lowest BCUT2D eigenvalue weighted by Gasteiger charge is -2.08. The van der Waals surface area contributed by atoms with E-state index < -0.39 is 11.6 Å². The van der Waals surface area contributed by atoms with Gasteiger partial charge in [-0.1, -0.05) is 30.3 Å². The van der Waals surface area contributed by atoms with Crippen molar-refractivity contribution in [2.45, 2.75) is 6.61 Å². The molecule has 30 heavy (non-hydrogen) atoms. The maximum absolute atomic E-state index is 13.8.